The molecule has 3 amide bonds. The number of hydrogen-bond donors (Lipinski definition) is 4. The standard InChI is InChI=1S/C21H20Cl2N4O6S/c1-11(9-18(28)29)24-21(31)26-34(32,33)13-5-3-12(4-6-13)25-20(30)17-10-14-16(27(17)2)8-7-15(22)19(14)23/h3-8,10-11H,9H2,1-2H3,(H,25,30)(H,28,29)(H2,24,26,31). The largest absolute Gasteiger partial charge is 0.481 e. The summed E-state index contributed by atoms with van der Waals surface area (Å²) in [5, 5.41) is 14.9. The molecule has 10 nitrogen and oxygen atoms in total. The summed E-state index contributed by atoms with van der Waals surface area (Å²) < 4.78 is 28.3. The molecule has 1 atom stereocenters. The molecule has 1 aromatic heterocycles. The number of carbonyl (C=O) groups excluding carboxylic acids is 2. The lowest BCUT2D eigenvalue weighted by atomic mass is 10.2. The third-order valence-corrected chi connectivity index (χ3v) is 7.02. The lowest BCUT2D eigenvalue weighted by Gasteiger charge is -2.13. The molecule has 2 aromatic carbocycles. The quantitative estimate of drug-likeness (QED) is 0.369. The van der Waals surface area contributed by atoms with E-state index in [1.807, 2.05) is 4.72 Å². The van der Waals surface area contributed by atoms with Crippen molar-refractivity contribution in [3.05, 3.63) is 58.2 Å². The van der Waals surface area contributed by atoms with Crippen molar-refractivity contribution in [3.63, 3.8) is 0 Å². The van der Waals surface area contributed by atoms with Crippen molar-refractivity contribution >= 4 is 67.7 Å². The molecule has 4 N–H and O–H groups in total. The number of halogens is 2. The molecule has 0 aliphatic heterocycles. The molecule has 1 unspecified atom stereocenters. The second-order valence-corrected chi connectivity index (χ2v) is 9.91. The molecule has 3 aromatic rings. The molecule has 0 fully saturated rings. The number of anilines is 1. The second kappa shape index (κ2) is 9.92. The summed E-state index contributed by atoms with van der Waals surface area (Å²) in [7, 11) is -2.52. The van der Waals surface area contributed by atoms with Crippen LogP contribution < -0.4 is 15.4 Å². The predicted octanol–water partition coefficient (Wildman–Crippen LogP) is 3.59. The maximum Gasteiger partial charge on any atom is 0.328 e. The molecule has 1 heterocycles. The van der Waals surface area contributed by atoms with Crippen LogP contribution in [0, 0.1) is 0 Å². The first-order valence-corrected chi connectivity index (χ1v) is 12.0. The predicted molar refractivity (Wildman–Crippen MR) is 128 cm³/mol. The number of carbonyl (C=O) groups is 3. The van der Waals surface area contributed by atoms with Gasteiger partial charge in [-0.2, -0.15) is 0 Å². The van der Waals surface area contributed by atoms with Crippen LogP contribution in [0.1, 0.15) is 23.8 Å². The summed E-state index contributed by atoms with van der Waals surface area (Å²) in [6.45, 7) is 1.43. The Balaban J connectivity index is 1.71. The Kier molecular flexibility index (Phi) is 7.39. The van der Waals surface area contributed by atoms with E-state index in [2.05, 4.69) is 10.6 Å². The lowest BCUT2D eigenvalue weighted by Crippen LogP contribution is -2.44. The third kappa shape index (κ3) is 5.61. The van der Waals surface area contributed by atoms with Gasteiger partial charge in [-0.15, -0.1) is 0 Å². The number of aromatic nitrogens is 1. The van der Waals surface area contributed by atoms with Gasteiger partial charge in [-0.25, -0.2) is 17.9 Å². The average Bonchev–Trinajstić information content (AvgIpc) is 3.07. The minimum absolute atomic E-state index is 0.224. The monoisotopic (exact) mass is 526 g/mol. The Morgan fingerprint density at radius 2 is 1.74 bits per heavy atom. The van der Waals surface area contributed by atoms with E-state index in [1.165, 1.54) is 31.2 Å². The molecule has 180 valence electrons. The number of nitrogens with zero attached hydrogens (tertiary/aromatic N) is 1. The average molecular weight is 527 g/mol. The maximum absolute atomic E-state index is 12.8. The number of benzene rings is 2. The van der Waals surface area contributed by atoms with E-state index in [1.54, 1.807) is 29.8 Å². The van der Waals surface area contributed by atoms with Crippen molar-refractivity contribution in [1.29, 1.82) is 0 Å². The van der Waals surface area contributed by atoms with E-state index >= 15 is 0 Å². The van der Waals surface area contributed by atoms with Crippen LogP contribution in [0.15, 0.2) is 47.4 Å². The summed E-state index contributed by atoms with van der Waals surface area (Å²) >= 11 is 12.3. The number of amides is 3. The number of aliphatic carboxylic acids is 1. The molecule has 13 heteroatoms. The van der Waals surface area contributed by atoms with Crippen molar-refractivity contribution in [2.24, 2.45) is 7.05 Å². The highest BCUT2D eigenvalue weighted by Crippen LogP contribution is 2.32. The first-order chi connectivity index (χ1) is 15.9. The molecule has 3 rings (SSSR count). The van der Waals surface area contributed by atoms with Gasteiger partial charge in [0.15, 0.2) is 0 Å². The second-order valence-electron chi connectivity index (χ2n) is 7.44. The van der Waals surface area contributed by atoms with Crippen LogP contribution in [0.3, 0.4) is 0 Å². The fourth-order valence-electron chi connectivity index (χ4n) is 3.23. The van der Waals surface area contributed by atoms with Gasteiger partial charge in [0, 0.05) is 29.7 Å². The molecule has 0 radical (unpaired) electrons. The number of carboxylic acids is 1. The van der Waals surface area contributed by atoms with E-state index in [4.69, 9.17) is 28.3 Å². The topological polar surface area (TPSA) is 147 Å². The summed E-state index contributed by atoms with van der Waals surface area (Å²) in [6.07, 6.45) is -0.363. The van der Waals surface area contributed by atoms with Gasteiger partial charge in [-0.05, 0) is 49.4 Å². The van der Waals surface area contributed by atoms with Gasteiger partial charge >= 0.3 is 12.0 Å². The van der Waals surface area contributed by atoms with Gasteiger partial charge in [-0.3, -0.25) is 9.59 Å². The lowest BCUT2D eigenvalue weighted by molar-refractivity contribution is -0.137. The summed E-state index contributed by atoms with van der Waals surface area (Å²) in [4.78, 5) is 35.1. The fourth-order valence-corrected chi connectivity index (χ4v) is 4.52. The fraction of sp³-hybridized carbons (Fsp3) is 0.190. The van der Waals surface area contributed by atoms with Crippen molar-refractivity contribution in [2.45, 2.75) is 24.3 Å². The normalized spacial score (nSPS) is 12.2. The Hall–Kier alpha value is -3.28. The van der Waals surface area contributed by atoms with E-state index in [9.17, 15) is 22.8 Å². The van der Waals surface area contributed by atoms with Gasteiger partial charge in [0.25, 0.3) is 15.9 Å². The van der Waals surface area contributed by atoms with E-state index in [0.717, 1.165) is 0 Å². The Bertz CT molecular complexity index is 1390. The van der Waals surface area contributed by atoms with E-state index < -0.39 is 34.0 Å². The van der Waals surface area contributed by atoms with Gasteiger partial charge in [-0.1, -0.05) is 23.2 Å². The van der Waals surface area contributed by atoms with Gasteiger partial charge in [0.05, 0.1) is 21.4 Å². The molecule has 0 bridgehead atoms. The first-order valence-electron chi connectivity index (χ1n) is 9.79. The highest BCUT2D eigenvalue weighted by atomic mass is 35.5. The zero-order valence-corrected chi connectivity index (χ0v) is 20.3. The number of rotatable bonds is 7. The third-order valence-electron chi connectivity index (χ3n) is 4.85. The maximum atomic E-state index is 12.8. The SMILES string of the molecule is CC(CC(=O)O)NC(=O)NS(=O)(=O)c1ccc(NC(=O)c2cc3c(Cl)c(Cl)ccc3n2C)cc1. The number of sulfonamides is 1. The highest BCUT2D eigenvalue weighted by molar-refractivity contribution is 7.90. The van der Waals surface area contributed by atoms with Crippen molar-refractivity contribution < 1.29 is 27.9 Å². The van der Waals surface area contributed by atoms with Crippen molar-refractivity contribution in [1.82, 2.24) is 14.6 Å². The Morgan fingerprint density at radius 3 is 2.35 bits per heavy atom. The summed E-state index contributed by atoms with van der Waals surface area (Å²) in [6, 6.07) is 8.30. The van der Waals surface area contributed by atoms with Crippen LogP contribution >= 0.6 is 23.2 Å². The minimum Gasteiger partial charge on any atom is -0.481 e. The van der Waals surface area contributed by atoms with Crippen LogP contribution in [0.4, 0.5) is 10.5 Å². The van der Waals surface area contributed by atoms with Crippen LogP contribution in [-0.2, 0) is 21.9 Å². The molecule has 0 aliphatic rings. The molecule has 0 saturated heterocycles. The van der Waals surface area contributed by atoms with E-state index in [-0.39, 0.29) is 11.3 Å². The van der Waals surface area contributed by atoms with E-state index in [0.29, 0.717) is 32.3 Å². The molecule has 0 spiro atoms. The van der Waals surface area contributed by atoms with Crippen molar-refractivity contribution in [3.8, 4) is 0 Å². The first kappa shape index (κ1) is 25.3. The van der Waals surface area contributed by atoms with Crippen LogP contribution in [0.2, 0.25) is 10.0 Å². The molecule has 34 heavy (non-hydrogen) atoms. The number of urea groups is 1. The number of carboxylic acid groups (broad SMARTS) is 1. The van der Waals surface area contributed by atoms with Crippen LogP contribution in [0.25, 0.3) is 10.9 Å². The van der Waals surface area contributed by atoms with Crippen molar-refractivity contribution in [2.75, 3.05) is 5.32 Å². The molecular weight excluding hydrogens is 507 g/mol. The number of aryl methyl sites for hydroxylation is 1. The van der Waals surface area contributed by atoms with Gasteiger partial charge in [0.1, 0.15) is 5.69 Å². The van der Waals surface area contributed by atoms with Crippen LogP contribution in [0.5, 0.6) is 0 Å². The smallest absolute Gasteiger partial charge is 0.328 e. The molecule has 0 saturated carbocycles. The number of fused-ring (bicyclic) bond motifs is 1. The van der Waals surface area contributed by atoms with Crippen LogP contribution in [-0.4, -0.2) is 42.0 Å². The molecular formula is C21H20Cl2N4O6S. The highest BCUT2D eigenvalue weighted by Gasteiger charge is 2.20. The number of nitrogens with one attached hydrogen (secondary N) is 3. The van der Waals surface area contributed by atoms with Gasteiger partial charge in [0.2, 0.25) is 0 Å². The molecule has 0 aliphatic carbocycles. The summed E-state index contributed by atoms with van der Waals surface area (Å²) in [5.41, 5.74) is 1.34. The zero-order valence-electron chi connectivity index (χ0n) is 17.9. The summed E-state index contributed by atoms with van der Waals surface area (Å²) in [5.74, 6) is -1.59. The minimum atomic E-state index is -4.22. The Labute approximate surface area is 204 Å². The number of hydrogen-bond acceptors (Lipinski definition) is 5. The van der Waals surface area contributed by atoms with Gasteiger partial charge < -0.3 is 20.3 Å². The Morgan fingerprint density at radius 1 is 1.09 bits per heavy atom. The zero-order chi connectivity index (χ0) is 25.2.